The number of rotatable bonds is 5. The minimum absolute atomic E-state index is 0.201. The minimum atomic E-state index is -0.452. The van der Waals surface area contributed by atoms with Gasteiger partial charge in [0.15, 0.2) is 11.3 Å². The summed E-state index contributed by atoms with van der Waals surface area (Å²) in [5.41, 5.74) is 2.14. The Balaban J connectivity index is 1.84. The number of carbonyl (C=O) groups excluding carboxylic acids is 1. The van der Waals surface area contributed by atoms with Gasteiger partial charge < -0.3 is 19.5 Å². The van der Waals surface area contributed by atoms with Crippen LogP contribution in [0.5, 0.6) is 0 Å². The van der Waals surface area contributed by atoms with Crippen molar-refractivity contribution in [2.75, 3.05) is 37.4 Å². The maximum absolute atomic E-state index is 14.1. The fraction of sp³-hybridized carbons (Fsp3) is 0.357. The summed E-state index contributed by atoms with van der Waals surface area (Å²) in [5, 5.41) is 3.59. The van der Waals surface area contributed by atoms with E-state index in [0.717, 1.165) is 38.8 Å². The van der Waals surface area contributed by atoms with Gasteiger partial charge in [-0.3, -0.25) is 9.59 Å². The second-order valence-electron chi connectivity index (χ2n) is 9.23. The van der Waals surface area contributed by atoms with Gasteiger partial charge in [-0.05, 0) is 50.1 Å². The zero-order chi connectivity index (χ0) is 25.1. The molecule has 7 heteroatoms. The number of fused-ring (bicyclic) bond motifs is 1. The number of amides is 1. The molecule has 4 rings (SSSR count). The van der Waals surface area contributed by atoms with Crippen LogP contribution in [0.4, 0.5) is 16.0 Å². The molecule has 1 amide bonds. The summed E-state index contributed by atoms with van der Waals surface area (Å²) in [6, 6.07) is 8.74. The number of hydrogen-bond acceptors (Lipinski definition) is 5. The maximum Gasteiger partial charge on any atom is 0.253 e. The molecule has 0 saturated carbocycles. The number of nitrogens with zero attached hydrogens (tertiary/aromatic N) is 2. The van der Waals surface area contributed by atoms with E-state index in [1.54, 1.807) is 32.3 Å². The summed E-state index contributed by atoms with van der Waals surface area (Å²) in [6.07, 6.45) is 9.86. The molecule has 0 radical (unpaired) electrons. The van der Waals surface area contributed by atoms with Gasteiger partial charge in [0.2, 0.25) is 0 Å². The molecule has 1 aliphatic rings. The first-order chi connectivity index (χ1) is 16.8. The van der Waals surface area contributed by atoms with Gasteiger partial charge in [-0.25, -0.2) is 4.39 Å². The molecule has 1 atom stereocenters. The van der Waals surface area contributed by atoms with E-state index in [2.05, 4.69) is 16.1 Å². The Labute approximate surface area is 204 Å². The van der Waals surface area contributed by atoms with Crippen molar-refractivity contribution < 1.29 is 13.6 Å². The van der Waals surface area contributed by atoms with Gasteiger partial charge in [-0.2, -0.15) is 0 Å². The molecule has 3 aromatic rings. The van der Waals surface area contributed by atoms with Gasteiger partial charge in [0.05, 0.1) is 11.4 Å². The number of nitrogens with one attached hydrogen (secondary N) is 1. The lowest BCUT2D eigenvalue weighted by atomic mass is 9.99. The lowest BCUT2D eigenvalue weighted by molar-refractivity contribution is 0.0827. The number of anilines is 2. The SMILES string of the molecule is C#Cc1cc(F)cc(NC(C)c2cc(C(=O)N(C)C)cc3c(=O)cc(N4CCCCCC4)oc23)c1. The lowest BCUT2D eigenvalue weighted by Gasteiger charge is -2.23. The third kappa shape index (κ3) is 5.32. The van der Waals surface area contributed by atoms with Gasteiger partial charge in [-0.1, -0.05) is 18.8 Å². The number of terminal acetylenes is 1. The predicted octanol–water partition coefficient (Wildman–Crippen LogP) is 5.17. The molecule has 35 heavy (non-hydrogen) atoms. The summed E-state index contributed by atoms with van der Waals surface area (Å²) in [7, 11) is 3.32. The molecule has 0 aliphatic carbocycles. The van der Waals surface area contributed by atoms with Crippen molar-refractivity contribution in [3.8, 4) is 12.3 Å². The molecule has 1 aromatic heterocycles. The molecule has 2 heterocycles. The fourth-order valence-corrected chi connectivity index (χ4v) is 4.51. The Bertz CT molecular complexity index is 1350. The normalized spacial score (nSPS) is 14.8. The molecule has 1 fully saturated rings. The van der Waals surface area contributed by atoms with Crippen LogP contribution in [0.1, 0.15) is 60.1 Å². The van der Waals surface area contributed by atoms with E-state index in [1.807, 2.05) is 6.92 Å². The molecule has 2 aromatic carbocycles. The summed E-state index contributed by atoms with van der Waals surface area (Å²) in [6.45, 7) is 3.53. The average molecular weight is 476 g/mol. The van der Waals surface area contributed by atoms with Crippen LogP contribution in [0, 0.1) is 18.2 Å². The van der Waals surface area contributed by atoms with Crippen molar-refractivity contribution in [2.24, 2.45) is 0 Å². The molecule has 1 saturated heterocycles. The molecular formula is C28H30FN3O3. The third-order valence-corrected chi connectivity index (χ3v) is 6.33. The van der Waals surface area contributed by atoms with Crippen LogP contribution < -0.4 is 15.6 Å². The highest BCUT2D eigenvalue weighted by molar-refractivity contribution is 5.98. The second kappa shape index (κ2) is 10.2. The van der Waals surface area contributed by atoms with Gasteiger partial charge in [0.25, 0.3) is 5.91 Å². The monoisotopic (exact) mass is 475 g/mol. The maximum atomic E-state index is 14.1. The molecule has 6 nitrogen and oxygen atoms in total. The van der Waals surface area contributed by atoms with Crippen LogP contribution in [0.2, 0.25) is 0 Å². The Kier molecular flexibility index (Phi) is 7.11. The molecule has 0 bridgehead atoms. The molecule has 1 aliphatic heterocycles. The van der Waals surface area contributed by atoms with E-state index in [-0.39, 0.29) is 11.3 Å². The summed E-state index contributed by atoms with van der Waals surface area (Å²) < 4.78 is 20.4. The molecule has 0 spiro atoms. The first-order valence-electron chi connectivity index (χ1n) is 11.9. The Morgan fingerprint density at radius 1 is 1.11 bits per heavy atom. The van der Waals surface area contributed by atoms with Crippen LogP contribution in [0.25, 0.3) is 11.0 Å². The summed E-state index contributed by atoms with van der Waals surface area (Å²) >= 11 is 0. The Morgan fingerprint density at radius 2 is 1.83 bits per heavy atom. The Hall–Kier alpha value is -3.79. The fourth-order valence-electron chi connectivity index (χ4n) is 4.51. The van der Waals surface area contributed by atoms with E-state index in [0.29, 0.717) is 39.2 Å². The first-order valence-corrected chi connectivity index (χ1v) is 11.9. The topological polar surface area (TPSA) is 65.8 Å². The van der Waals surface area contributed by atoms with E-state index >= 15 is 0 Å². The van der Waals surface area contributed by atoms with Crippen molar-refractivity contribution in [3.05, 3.63) is 69.1 Å². The van der Waals surface area contributed by atoms with Gasteiger partial charge in [0, 0.05) is 55.6 Å². The van der Waals surface area contributed by atoms with E-state index in [4.69, 9.17) is 10.8 Å². The summed E-state index contributed by atoms with van der Waals surface area (Å²) in [5.74, 6) is 2.30. The van der Waals surface area contributed by atoms with Crippen LogP contribution in [-0.2, 0) is 0 Å². The third-order valence-electron chi connectivity index (χ3n) is 6.33. The van der Waals surface area contributed by atoms with Crippen molar-refractivity contribution in [3.63, 3.8) is 0 Å². The predicted molar refractivity (Wildman–Crippen MR) is 138 cm³/mol. The van der Waals surface area contributed by atoms with Crippen molar-refractivity contribution >= 4 is 28.4 Å². The van der Waals surface area contributed by atoms with Crippen LogP contribution in [-0.4, -0.2) is 38.0 Å². The lowest BCUT2D eigenvalue weighted by Crippen LogP contribution is -2.25. The van der Waals surface area contributed by atoms with E-state index in [1.165, 1.54) is 23.1 Å². The highest BCUT2D eigenvalue weighted by atomic mass is 19.1. The molecule has 182 valence electrons. The number of hydrogen-bond donors (Lipinski definition) is 1. The number of benzene rings is 2. The smallest absolute Gasteiger partial charge is 0.253 e. The molecule has 1 unspecified atom stereocenters. The average Bonchev–Trinajstić information content (AvgIpc) is 3.12. The largest absolute Gasteiger partial charge is 0.440 e. The minimum Gasteiger partial charge on any atom is -0.440 e. The zero-order valence-corrected chi connectivity index (χ0v) is 20.4. The second-order valence-corrected chi connectivity index (χ2v) is 9.23. The standard InChI is InChI=1S/C28H30FN3O3/c1-5-19-12-21(29)16-22(13-19)30-18(2)23-14-20(28(34)31(3)4)15-24-25(33)17-26(35-27(23)24)32-10-8-6-7-9-11-32/h1,12-18,30H,6-11H2,2-4H3. The van der Waals surface area contributed by atoms with E-state index < -0.39 is 11.9 Å². The number of carbonyl (C=O) groups is 1. The van der Waals surface area contributed by atoms with Crippen LogP contribution in [0.3, 0.4) is 0 Å². The van der Waals surface area contributed by atoms with Crippen LogP contribution >= 0.6 is 0 Å². The summed E-state index contributed by atoms with van der Waals surface area (Å²) in [4.78, 5) is 29.6. The van der Waals surface area contributed by atoms with Gasteiger partial charge >= 0.3 is 0 Å². The van der Waals surface area contributed by atoms with Crippen molar-refractivity contribution in [2.45, 2.75) is 38.6 Å². The molecular weight excluding hydrogens is 445 g/mol. The highest BCUT2D eigenvalue weighted by Crippen LogP contribution is 2.31. The van der Waals surface area contributed by atoms with Crippen molar-refractivity contribution in [1.29, 1.82) is 0 Å². The first kappa shape index (κ1) is 24.3. The number of halogens is 1. The highest BCUT2D eigenvalue weighted by Gasteiger charge is 2.22. The van der Waals surface area contributed by atoms with Crippen LogP contribution in [0.15, 0.2) is 45.6 Å². The molecule has 1 N–H and O–H groups in total. The zero-order valence-electron chi connectivity index (χ0n) is 20.4. The van der Waals surface area contributed by atoms with Crippen molar-refractivity contribution in [1.82, 2.24) is 4.90 Å². The van der Waals surface area contributed by atoms with Gasteiger partial charge in [0.1, 0.15) is 11.4 Å². The van der Waals surface area contributed by atoms with Gasteiger partial charge in [-0.15, -0.1) is 6.42 Å². The quantitative estimate of drug-likeness (QED) is 0.516. The Morgan fingerprint density at radius 3 is 2.49 bits per heavy atom. The van der Waals surface area contributed by atoms with E-state index in [9.17, 15) is 14.0 Å².